The summed E-state index contributed by atoms with van der Waals surface area (Å²) >= 11 is 3.27. The Kier molecular flexibility index (Phi) is 3.69. The molecule has 1 N–H and O–H groups in total. The third-order valence-electron chi connectivity index (χ3n) is 1.78. The molecular formula is C9H12BrNO2S. The zero-order valence-corrected chi connectivity index (χ0v) is 10.4. The van der Waals surface area contributed by atoms with Gasteiger partial charge in [-0.15, -0.1) is 0 Å². The highest BCUT2D eigenvalue weighted by molar-refractivity contribution is 9.10. The zero-order valence-electron chi connectivity index (χ0n) is 8.04. The molecule has 0 fully saturated rings. The molecule has 0 spiro atoms. The fraction of sp³-hybridized carbons (Fsp3) is 0.333. The summed E-state index contributed by atoms with van der Waals surface area (Å²) in [6, 6.07) is 5.16. The minimum Gasteiger partial charge on any atom is -0.211 e. The first-order valence-electron chi connectivity index (χ1n) is 4.24. The van der Waals surface area contributed by atoms with Gasteiger partial charge in [0.2, 0.25) is 10.0 Å². The lowest BCUT2D eigenvalue weighted by Gasteiger charge is -2.08. The number of sulfonamides is 1. The number of nitrogens with one attached hydrogen (secondary N) is 1. The molecule has 0 aliphatic rings. The fourth-order valence-electron chi connectivity index (χ4n) is 1.10. The molecule has 0 amide bonds. The summed E-state index contributed by atoms with van der Waals surface area (Å²) in [5.41, 5.74) is 0.906. The third kappa shape index (κ3) is 2.34. The molecule has 0 heterocycles. The second kappa shape index (κ2) is 4.42. The van der Waals surface area contributed by atoms with E-state index in [1.54, 1.807) is 19.1 Å². The number of rotatable bonds is 3. The van der Waals surface area contributed by atoms with E-state index in [4.69, 9.17) is 0 Å². The van der Waals surface area contributed by atoms with Gasteiger partial charge in [-0.05, 0) is 34.5 Å². The average Bonchev–Trinajstić information content (AvgIpc) is 2.09. The Balaban J connectivity index is 3.27. The quantitative estimate of drug-likeness (QED) is 0.919. The van der Waals surface area contributed by atoms with Crippen molar-refractivity contribution in [3.63, 3.8) is 0 Å². The van der Waals surface area contributed by atoms with Crippen LogP contribution in [-0.4, -0.2) is 15.0 Å². The molecule has 0 atom stereocenters. The summed E-state index contributed by atoms with van der Waals surface area (Å²) in [6.07, 6.45) is 0. The van der Waals surface area contributed by atoms with E-state index < -0.39 is 10.0 Å². The topological polar surface area (TPSA) is 46.2 Å². The fourth-order valence-corrected chi connectivity index (χ4v) is 3.19. The lowest BCUT2D eigenvalue weighted by Crippen LogP contribution is -2.23. The molecule has 3 nitrogen and oxygen atoms in total. The van der Waals surface area contributed by atoms with Gasteiger partial charge in [0.1, 0.15) is 0 Å². The number of aryl methyl sites for hydroxylation is 1. The second-order valence-electron chi connectivity index (χ2n) is 2.89. The van der Waals surface area contributed by atoms with E-state index in [2.05, 4.69) is 20.7 Å². The molecule has 0 saturated carbocycles. The molecule has 5 heteroatoms. The largest absolute Gasteiger partial charge is 0.241 e. The minimum absolute atomic E-state index is 0.291. The molecular weight excluding hydrogens is 266 g/mol. The summed E-state index contributed by atoms with van der Waals surface area (Å²) in [6.45, 7) is 4.00. The van der Waals surface area contributed by atoms with Crippen LogP contribution in [0, 0.1) is 6.92 Å². The molecule has 14 heavy (non-hydrogen) atoms. The highest BCUT2D eigenvalue weighted by atomic mass is 79.9. The zero-order chi connectivity index (χ0) is 10.8. The summed E-state index contributed by atoms with van der Waals surface area (Å²) in [7, 11) is -3.36. The predicted octanol–water partition coefficient (Wildman–Crippen LogP) is 2.06. The minimum atomic E-state index is -3.36. The van der Waals surface area contributed by atoms with Gasteiger partial charge in [0.05, 0.1) is 4.90 Å². The van der Waals surface area contributed by atoms with Gasteiger partial charge in [-0.2, -0.15) is 0 Å². The second-order valence-corrected chi connectivity index (χ2v) is 5.42. The van der Waals surface area contributed by atoms with E-state index in [1.807, 2.05) is 13.0 Å². The smallest absolute Gasteiger partial charge is 0.211 e. The van der Waals surface area contributed by atoms with E-state index in [0.29, 0.717) is 15.9 Å². The average molecular weight is 278 g/mol. The molecule has 1 aromatic rings. The van der Waals surface area contributed by atoms with Crippen LogP contribution >= 0.6 is 15.9 Å². The van der Waals surface area contributed by atoms with Crippen molar-refractivity contribution in [2.45, 2.75) is 18.7 Å². The van der Waals surface area contributed by atoms with Gasteiger partial charge >= 0.3 is 0 Å². The summed E-state index contributed by atoms with van der Waals surface area (Å²) in [5, 5.41) is 0. The van der Waals surface area contributed by atoms with Crippen LogP contribution in [0.5, 0.6) is 0 Å². The van der Waals surface area contributed by atoms with Crippen LogP contribution in [0.3, 0.4) is 0 Å². The highest BCUT2D eigenvalue weighted by Gasteiger charge is 2.16. The van der Waals surface area contributed by atoms with Crippen LogP contribution in [0.25, 0.3) is 0 Å². The van der Waals surface area contributed by atoms with Gasteiger partial charge in [0.15, 0.2) is 0 Å². The Labute approximate surface area is 92.7 Å². The first-order chi connectivity index (χ1) is 6.49. The molecule has 78 valence electrons. The molecule has 0 saturated heterocycles. The van der Waals surface area contributed by atoms with Crippen molar-refractivity contribution < 1.29 is 8.42 Å². The molecule has 1 rings (SSSR count). The van der Waals surface area contributed by atoms with Crippen molar-refractivity contribution in [2.75, 3.05) is 6.54 Å². The van der Waals surface area contributed by atoms with Gasteiger partial charge < -0.3 is 0 Å². The first-order valence-corrected chi connectivity index (χ1v) is 6.51. The lowest BCUT2D eigenvalue weighted by molar-refractivity contribution is 0.583. The maximum Gasteiger partial charge on any atom is 0.241 e. The third-order valence-corrected chi connectivity index (χ3v) is 4.68. The van der Waals surface area contributed by atoms with Crippen molar-refractivity contribution in [3.05, 3.63) is 28.2 Å². The number of hydrogen-bond donors (Lipinski definition) is 1. The van der Waals surface area contributed by atoms with Crippen molar-refractivity contribution in [1.82, 2.24) is 4.72 Å². The monoisotopic (exact) mass is 277 g/mol. The molecule has 0 aliphatic carbocycles. The van der Waals surface area contributed by atoms with Crippen LogP contribution in [0.1, 0.15) is 12.5 Å². The summed E-state index contributed by atoms with van der Waals surface area (Å²) in [5.74, 6) is 0. The van der Waals surface area contributed by atoms with Crippen molar-refractivity contribution in [3.8, 4) is 0 Å². The number of benzene rings is 1. The van der Waals surface area contributed by atoms with E-state index in [0.717, 1.165) is 5.56 Å². The van der Waals surface area contributed by atoms with Crippen LogP contribution in [0.2, 0.25) is 0 Å². The number of hydrogen-bond acceptors (Lipinski definition) is 2. The Hall–Kier alpha value is -0.390. The molecule has 0 unspecified atom stereocenters. The summed E-state index contributed by atoms with van der Waals surface area (Å²) < 4.78 is 26.4. The van der Waals surface area contributed by atoms with Gasteiger partial charge in [0, 0.05) is 11.0 Å². The maximum absolute atomic E-state index is 11.7. The number of halogens is 1. The lowest BCUT2D eigenvalue weighted by atomic mass is 10.2. The Morgan fingerprint density at radius 3 is 2.64 bits per heavy atom. The molecule has 0 aromatic heterocycles. The van der Waals surface area contributed by atoms with Crippen LogP contribution in [0.15, 0.2) is 27.6 Å². The predicted molar refractivity (Wildman–Crippen MR) is 59.7 cm³/mol. The van der Waals surface area contributed by atoms with Crippen molar-refractivity contribution >= 4 is 26.0 Å². The SMILES string of the molecule is CCNS(=O)(=O)c1cccc(C)c1Br. The van der Waals surface area contributed by atoms with Gasteiger partial charge in [0.25, 0.3) is 0 Å². The summed E-state index contributed by atoms with van der Waals surface area (Å²) in [4.78, 5) is 0.291. The Morgan fingerprint density at radius 1 is 1.43 bits per heavy atom. The standard InChI is InChI=1S/C9H12BrNO2S/c1-3-11-14(12,13)8-6-4-5-7(2)9(8)10/h4-6,11H,3H2,1-2H3. The van der Waals surface area contributed by atoms with Gasteiger partial charge in [-0.25, -0.2) is 13.1 Å². The van der Waals surface area contributed by atoms with E-state index in [9.17, 15) is 8.42 Å². The van der Waals surface area contributed by atoms with Crippen LogP contribution in [0.4, 0.5) is 0 Å². The van der Waals surface area contributed by atoms with Crippen molar-refractivity contribution in [2.24, 2.45) is 0 Å². The maximum atomic E-state index is 11.7. The molecule has 0 bridgehead atoms. The molecule has 0 aliphatic heterocycles. The Morgan fingerprint density at radius 2 is 2.07 bits per heavy atom. The highest BCUT2D eigenvalue weighted by Crippen LogP contribution is 2.24. The normalized spacial score (nSPS) is 11.6. The van der Waals surface area contributed by atoms with Crippen molar-refractivity contribution in [1.29, 1.82) is 0 Å². The van der Waals surface area contributed by atoms with Crippen LogP contribution in [-0.2, 0) is 10.0 Å². The van der Waals surface area contributed by atoms with E-state index >= 15 is 0 Å². The van der Waals surface area contributed by atoms with E-state index in [-0.39, 0.29) is 0 Å². The van der Waals surface area contributed by atoms with E-state index in [1.165, 1.54) is 0 Å². The van der Waals surface area contributed by atoms with Crippen LogP contribution < -0.4 is 4.72 Å². The first kappa shape index (κ1) is 11.7. The van der Waals surface area contributed by atoms with Gasteiger partial charge in [-0.1, -0.05) is 19.1 Å². The molecule has 0 radical (unpaired) electrons. The Bertz CT molecular complexity index is 428. The molecule has 1 aromatic carbocycles. The van der Waals surface area contributed by atoms with Gasteiger partial charge in [-0.3, -0.25) is 0 Å².